The van der Waals surface area contributed by atoms with Crippen molar-refractivity contribution in [1.82, 2.24) is 5.32 Å². The van der Waals surface area contributed by atoms with Crippen LogP contribution in [0, 0.1) is 0 Å². The summed E-state index contributed by atoms with van der Waals surface area (Å²) >= 11 is 0. The van der Waals surface area contributed by atoms with Gasteiger partial charge in [0.15, 0.2) is 0 Å². The number of hydrogen-bond acceptors (Lipinski definition) is 2. The summed E-state index contributed by atoms with van der Waals surface area (Å²) in [7, 11) is 0. The smallest absolute Gasteiger partial charge is 0.0588 e. The summed E-state index contributed by atoms with van der Waals surface area (Å²) in [6.45, 7) is 4.44. The minimum atomic E-state index is 0.513. The van der Waals surface area contributed by atoms with Gasteiger partial charge >= 0.3 is 0 Å². The summed E-state index contributed by atoms with van der Waals surface area (Å²) in [4.78, 5) is 0. The van der Waals surface area contributed by atoms with E-state index in [1.54, 1.807) is 0 Å². The van der Waals surface area contributed by atoms with Crippen LogP contribution in [-0.4, -0.2) is 24.8 Å². The molecule has 2 aliphatic rings. The van der Waals surface area contributed by atoms with Crippen molar-refractivity contribution in [2.75, 3.05) is 13.2 Å². The molecule has 2 fully saturated rings. The lowest BCUT2D eigenvalue weighted by Crippen LogP contribution is -2.51. The van der Waals surface area contributed by atoms with E-state index in [1.165, 1.54) is 44.9 Å². The van der Waals surface area contributed by atoms with Crippen molar-refractivity contribution in [3.8, 4) is 0 Å². The molecule has 0 amide bonds. The Balaban J connectivity index is 1.61. The van der Waals surface area contributed by atoms with E-state index in [0.29, 0.717) is 11.6 Å². The van der Waals surface area contributed by atoms with Gasteiger partial charge in [-0.2, -0.15) is 0 Å². The third-order valence-corrected chi connectivity index (χ3v) is 3.98. The number of hydrogen-bond donors (Lipinski definition) is 1. The molecule has 2 rings (SSSR count). The molecule has 1 atom stereocenters. The average Bonchev–Trinajstić information content (AvgIpc) is 2.62. The standard InChI is InChI=1S/C12H23NO/c1-2-12(7-4-8-12)13-9-6-11-5-3-10-14-11/h11,13H,2-10H2,1H3. The summed E-state index contributed by atoms with van der Waals surface area (Å²) in [5.74, 6) is 0. The van der Waals surface area contributed by atoms with E-state index in [4.69, 9.17) is 4.74 Å². The maximum atomic E-state index is 5.61. The fraction of sp³-hybridized carbons (Fsp3) is 1.00. The second-order valence-electron chi connectivity index (χ2n) is 4.84. The summed E-state index contributed by atoms with van der Waals surface area (Å²) in [6, 6.07) is 0. The number of ether oxygens (including phenoxy) is 1. The molecular weight excluding hydrogens is 174 g/mol. The van der Waals surface area contributed by atoms with Gasteiger partial charge in [0.25, 0.3) is 0 Å². The highest BCUT2D eigenvalue weighted by Crippen LogP contribution is 2.34. The van der Waals surface area contributed by atoms with E-state index >= 15 is 0 Å². The molecule has 1 aliphatic carbocycles. The van der Waals surface area contributed by atoms with Crippen molar-refractivity contribution in [2.45, 2.75) is 63.5 Å². The molecule has 1 saturated carbocycles. The minimum absolute atomic E-state index is 0.513. The van der Waals surface area contributed by atoms with E-state index in [1.807, 2.05) is 0 Å². The molecule has 0 radical (unpaired) electrons. The Hall–Kier alpha value is -0.0800. The van der Waals surface area contributed by atoms with E-state index < -0.39 is 0 Å². The quantitative estimate of drug-likeness (QED) is 0.731. The molecule has 0 aromatic carbocycles. The molecule has 0 bridgehead atoms. The Morgan fingerprint density at radius 3 is 2.71 bits per heavy atom. The third-order valence-electron chi connectivity index (χ3n) is 3.98. The van der Waals surface area contributed by atoms with Crippen LogP contribution in [0.5, 0.6) is 0 Å². The van der Waals surface area contributed by atoms with Crippen molar-refractivity contribution in [1.29, 1.82) is 0 Å². The molecule has 0 aromatic rings. The first-order chi connectivity index (χ1) is 6.85. The van der Waals surface area contributed by atoms with Gasteiger partial charge in [-0.3, -0.25) is 0 Å². The van der Waals surface area contributed by atoms with Crippen molar-refractivity contribution < 1.29 is 4.74 Å². The number of rotatable bonds is 5. The van der Waals surface area contributed by atoms with Gasteiger partial charge < -0.3 is 10.1 Å². The Bertz CT molecular complexity index is 166. The first-order valence-corrected chi connectivity index (χ1v) is 6.21. The molecule has 1 N–H and O–H groups in total. The first-order valence-electron chi connectivity index (χ1n) is 6.21. The highest BCUT2D eigenvalue weighted by atomic mass is 16.5. The maximum absolute atomic E-state index is 5.61. The molecule has 0 aromatic heterocycles. The van der Waals surface area contributed by atoms with E-state index in [9.17, 15) is 0 Å². The van der Waals surface area contributed by atoms with Crippen LogP contribution in [0.1, 0.15) is 51.9 Å². The van der Waals surface area contributed by atoms with Crippen LogP contribution in [0.25, 0.3) is 0 Å². The maximum Gasteiger partial charge on any atom is 0.0588 e. The Morgan fingerprint density at radius 1 is 1.36 bits per heavy atom. The molecule has 14 heavy (non-hydrogen) atoms. The molecule has 1 aliphatic heterocycles. The van der Waals surface area contributed by atoms with Crippen LogP contribution < -0.4 is 5.32 Å². The van der Waals surface area contributed by atoms with Gasteiger partial charge in [-0.05, 0) is 51.5 Å². The van der Waals surface area contributed by atoms with Gasteiger partial charge in [-0.15, -0.1) is 0 Å². The van der Waals surface area contributed by atoms with Gasteiger partial charge in [-0.1, -0.05) is 6.92 Å². The van der Waals surface area contributed by atoms with Gasteiger partial charge in [0.1, 0.15) is 0 Å². The van der Waals surface area contributed by atoms with Crippen LogP contribution in [0.3, 0.4) is 0 Å². The van der Waals surface area contributed by atoms with Gasteiger partial charge in [0.2, 0.25) is 0 Å². The monoisotopic (exact) mass is 197 g/mol. The molecule has 0 spiro atoms. The lowest BCUT2D eigenvalue weighted by Gasteiger charge is -2.42. The topological polar surface area (TPSA) is 21.3 Å². The second-order valence-corrected chi connectivity index (χ2v) is 4.84. The molecule has 82 valence electrons. The lowest BCUT2D eigenvalue weighted by molar-refractivity contribution is 0.0958. The van der Waals surface area contributed by atoms with Crippen LogP contribution in [-0.2, 0) is 4.74 Å². The van der Waals surface area contributed by atoms with Gasteiger partial charge in [0, 0.05) is 12.1 Å². The highest BCUT2D eigenvalue weighted by molar-refractivity contribution is 4.94. The molecule has 2 heteroatoms. The van der Waals surface area contributed by atoms with Crippen molar-refractivity contribution in [3.63, 3.8) is 0 Å². The zero-order valence-corrected chi connectivity index (χ0v) is 9.35. The number of nitrogens with one attached hydrogen (secondary N) is 1. The summed E-state index contributed by atoms with van der Waals surface area (Å²) in [5.41, 5.74) is 0.513. The largest absolute Gasteiger partial charge is 0.378 e. The van der Waals surface area contributed by atoms with Crippen molar-refractivity contribution in [2.24, 2.45) is 0 Å². The normalized spacial score (nSPS) is 30.2. The van der Waals surface area contributed by atoms with Crippen LogP contribution in [0.15, 0.2) is 0 Å². The van der Waals surface area contributed by atoms with Crippen molar-refractivity contribution in [3.05, 3.63) is 0 Å². The summed E-state index contributed by atoms with van der Waals surface area (Å²) in [5, 5.41) is 3.73. The lowest BCUT2D eigenvalue weighted by atomic mass is 9.75. The highest BCUT2D eigenvalue weighted by Gasteiger charge is 2.34. The fourth-order valence-electron chi connectivity index (χ4n) is 2.63. The van der Waals surface area contributed by atoms with Crippen LogP contribution >= 0.6 is 0 Å². The predicted molar refractivity (Wildman–Crippen MR) is 58.5 cm³/mol. The first kappa shape index (κ1) is 10.4. The third kappa shape index (κ3) is 2.29. The zero-order chi connectivity index (χ0) is 9.86. The average molecular weight is 197 g/mol. The Kier molecular flexibility index (Phi) is 3.45. The predicted octanol–water partition coefficient (Wildman–Crippen LogP) is 2.48. The molecule has 1 unspecified atom stereocenters. The van der Waals surface area contributed by atoms with E-state index in [-0.39, 0.29) is 0 Å². The van der Waals surface area contributed by atoms with E-state index in [0.717, 1.165) is 13.2 Å². The minimum Gasteiger partial charge on any atom is -0.378 e. The van der Waals surface area contributed by atoms with Gasteiger partial charge in [-0.25, -0.2) is 0 Å². The van der Waals surface area contributed by atoms with Crippen LogP contribution in [0.2, 0.25) is 0 Å². The molecular formula is C12H23NO. The molecule has 1 heterocycles. The molecule has 2 nitrogen and oxygen atoms in total. The fourth-order valence-corrected chi connectivity index (χ4v) is 2.63. The SMILES string of the molecule is CCC1(NCCC2CCCO2)CCC1. The van der Waals surface area contributed by atoms with E-state index in [2.05, 4.69) is 12.2 Å². The van der Waals surface area contributed by atoms with Crippen LogP contribution in [0.4, 0.5) is 0 Å². The Labute approximate surface area is 87.4 Å². The summed E-state index contributed by atoms with van der Waals surface area (Å²) in [6.07, 6.45) is 9.78. The van der Waals surface area contributed by atoms with Gasteiger partial charge in [0.05, 0.1) is 6.10 Å². The Morgan fingerprint density at radius 2 is 2.21 bits per heavy atom. The van der Waals surface area contributed by atoms with Crippen molar-refractivity contribution >= 4 is 0 Å². The molecule has 1 saturated heterocycles. The summed E-state index contributed by atoms with van der Waals surface area (Å²) < 4.78 is 5.61. The zero-order valence-electron chi connectivity index (χ0n) is 9.35. The second kappa shape index (κ2) is 4.63.